The first kappa shape index (κ1) is 20.4. The average Bonchev–Trinajstić information content (AvgIpc) is 3.18. The Kier molecular flexibility index (Phi) is 7.13. The van der Waals surface area contributed by atoms with E-state index in [1.54, 1.807) is 23.5 Å². The smallest absolute Gasteiger partial charge is 0.279 e. The fourth-order valence-corrected chi connectivity index (χ4v) is 4.17. The zero-order chi connectivity index (χ0) is 19.9. The quantitative estimate of drug-likeness (QED) is 0.500. The topological polar surface area (TPSA) is 67.1 Å². The van der Waals surface area contributed by atoms with Crippen molar-refractivity contribution in [3.05, 3.63) is 52.5 Å². The van der Waals surface area contributed by atoms with Gasteiger partial charge in [0.2, 0.25) is 0 Å². The predicted molar refractivity (Wildman–Crippen MR) is 107 cm³/mol. The number of thiophene rings is 1. The van der Waals surface area contributed by atoms with Gasteiger partial charge in [0.1, 0.15) is 32.0 Å². The number of carbonyl (C=O) groups excluding carboxylic acids is 2. The largest absolute Gasteiger partial charge is 0.344 e. The second-order valence-electron chi connectivity index (χ2n) is 7.22. The first-order valence-electron chi connectivity index (χ1n) is 9.55. The van der Waals surface area contributed by atoms with Gasteiger partial charge in [-0.25, -0.2) is 4.39 Å². The fourth-order valence-electron chi connectivity index (χ4n) is 3.44. The standard InChI is InChI=1S/C20H25FN4O2S/c1-15(18-6-3-11-28-18)22-19(26)13-24-7-9-25(10-8-24)14-20(27)23-17-5-2-4-16(21)12-17/h2-6,11-12,15H,7-10,13-14H2,1H3,(H,22,26)(H,23,27)/p+2/t15-/m1/s1. The van der Waals surface area contributed by atoms with Gasteiger partial charge in [-0.15, -0.1) is 11.3 Å². The van der Waals surface area contributed by atoms with E-state index in [9.17, 15) is 14.0 Å². The van der Waals surface area contributed by atoms with Gasteiger partial charge in [0, 0.05) is 10.6 Å². The highest BCUT2D eigenvalue weighted by molar-refractivity contribution is 7.10. The molecule has 1 saturated heterocycles. The maximum atomic E-state index is 13.2. The first-order valence-corrected chi connectivity index (χ1v) is 10.4. The van der Waals surface area contributed by atoms with E-state index in [4.69, 9.17) is 0 Å². The Balaban J connectivity index is 1.37. The summed E-state index contributed by atoms with van der Waals surface area (Å²) in [6.07, 6.45) is 0. The minimum atomic E-state index is -0.367. The lowest BCUT2D eigenvalue weighted by atomic mass is 10.2. The summed E-state index contributed by atoms with van der Waals surface area (Å²) in [5.41, 5.74) is 0.477. The number of hydrogen-bond acceptors (Lipinski definition) is 3. The summed E-state index contributed by atoms with van der Waals surface area (Å²) >= 11 is 1.64. The van der Waals surface area contributed by atoms with Crippen LogP contribution in [0, 0.1) is 5.82 Å². The van der Waals surface area contributed by atoms with Crippen LogP contribution < -0.4 is 20.4 Å². The van der Waals surface area contributed by atoms with Crippen LogP contribution in [0.4, 0.5) is 10.1 Å². The third kappa shape index (κ3) is 6.12. The van der Waals surface area contributed by atoms with Gasteiger partial charge in [0.05, 0.1) is 6.04 Å². The molecule has 3 rings (SSSR count). The molecule has 1 aromatic heterocycles. The van der Waals surface area contributed by atoms with Crippen LogP contribution in [0.15, 0.2) is 41.8 Å². The SMILES string of the molecule is C[C@@H](NC(=O)C[NH+]1CC[NH+](CC(=O)Nc2cccc(F)c2)CC1)c1cccs1. The van der Waals surface area contributed by atoms with Gasteiger partial charge < -0.3 is 20.4 Å². The van der Waals surface area contributed by atoms with Gasteiger partial charge in [0.15, 0.2) is 13.1 Å². The molecule has 1 aromatic carbocycles. The molecule has 0 saturated carbocycles. The number of halogens is 1. The van der Waals surface area contributed by atoms with Crippen molar-refractivity contribution in [2.45, 2.75) is 13.0 Å². The van der Waals surface area contributed by atoms with Crippen molar-refractivity contribution in [3.63, 3.8) is 0 Å². The Morgan fingerprint density at radius 3 is 2.36 bits per heavy atom. The lowest BCUT2D eigenvalue weighted by molar-refractivity contribution is -1.00. The van der Waals surface area contributed by atoms with Gasteiger partial charge in [-0.1, -0.05) is 12.1 Å². The van der Waals surface area contributed by atoms with Crippen LogP contribution in [-0.4, -0.2) is 51.1 Å². The molecule has 0 unspecified atom stereocenters. The third-order valence-electron chi connectivity index (χ3n) is 4.94. The van der Waals surface area contributed by atoms with Crippen LogP contribution in [0.25, 0.3) is 0 Å². The molecular formula is C20H27FN4O2S+2. The number of carbonyl (C=O) groups is 2. The first-order chi connectivity index (χ1) is 13.5. The average molecular weight is 407 g/mol. The van der Waals surface area contributed by atoms with Gasteiger partial charge in [0.25, 0.3) is 11.8 Å². The molecule has 2 aromatic rings. The van der Waals surface area contributed by atoms with Crippen LogP contribution in [0.2, 0.25) is 0 Å². The molecule has 2 amide bonds. The number of anilines is 1. The van der Waals surface area contributed by atoms with E-state index < -0.39 is 0 Å². The van der Waals surface area contributed by atoms with Crippen molar-refractivity contribution in [1.82, 2.24) is 5.32 Å². The lowest BCUT2D eigenvalue weighted by Crippen LogP contribution is -3.28. The Morgan fingerprint density at radius 2 is 1.75 bits per heavy atom. The monoisotopic (exact) mass is 406 g/mol. The Bertz CT molecular complexity index is 791. The maximum absolute atomic E-state index is 13.2. The highest BCUT2D eigenvalue weighted by Crippen LogP contribution is 2.17. The molecule has 150 valence electrons. The second kappa shape index (κ2) is 9.77. The number of nitrogens with one attached hydrogen (secondary N) is 4. The molecule has 1 fully saturated rings. The summed E-state index contributed by atoms with van der Waals surface area (Å²) in [5, 5.41) is 7.80. The van der Waals surface area contributed by atoms with Crippen molar-refractivity contribution in [1.29, 1.82) is 0 Å². The normalized spacial score (nSPS) is 20.4. The summed E-state index contributed by atoms with van der Waals surface area (Å²) in [6, 6.07) is 9.95. The third-order valence-corrected chi connectivity index (χ3v) is 6.00. The van der Waals surface area contributed by atoms with Gasteiger partial charge in [-0.05, 0) is 36.6 Å². The fraction of sp³-hybridized carbons (Fsp3) is 0.400. The molecule has 2 heterocycles. The van der Waals surface area contributed by atoms with E-state index in [-0.39, 0.29) is 23.7 Å². The van der Waals surface area contributed by atoms with Crippen LogP contribution in [0.3, 0.4) is 0 Å². The molecular weight excluding hydrogens is 379 g/mol. The molecule has 0 radical (unpaired) electrons. The predicted octanol–water partition coefficient (Wildman–Crippen LogP) is -0.513. The highest BCUT2D eigenvalue weighted by atomic mass is 32.1. The molecule has 1 atom stereocenters. The van der Waals surface area contributed by atoms with Crippen molar-refractivity contribution < 1.29 is 23.8 Å². The number of rotatable bonds is 7. The summed E-state index contributed by atoms with van der Waals surface area (Å²) in [7, 11) is 0. The number of quaternary nitrogens is 2. The molecule has 8 heteroatoms. The molecule has 6 nitrogen and oxygen atoms in total. The van der Waals surface area contributed by atoms with Crippen molar-refractivity contribution >= 4 is 28.8 Å². The van der Waals surface area contributed by atoms with Gasteiger partial charge >= 0.3 is 0 Å². The van der Waals surface area contributed by atoms with E-state index in [0.29, 0.717) is 18.8 Å². The zero-order valence-electron chi connectivity index (χ0n) is 16.0. The minimum Gasteiger partial charge on any atom is -0.344 e. The lowest BCUT2D eigenvalue weighted by Gasteiger charge is -2.29. The van der Waals surface area contributed by atoms with E-state index >= 15 is 0 Å². The minimum absolute atomic E-state index is 0.0327. The van der Waals surface area contributed by atoms with Crippen LogP contribution >= 0.6 is 11.3 Å². The number of amides is 2. The summed E-state index contributed by atoms with van der Waals surface area (Å²) in [6.45, 7) is 6.17. The Hall–Kier alpha value is -2.29. The zero-order valence-corrected chi connectivity index (χ0v) is 16.8. The Labute approximate surface area is 168 Å². The molecule has 0 aliphatic carbocycles. The molecule has 4 N–H and O–H groups in total. The van der Waals surface area contributed by atoms with Crippen LogP contribution in [0.1, 0.15) is 17.8 Å². The number of benzene rings is 1. The molecule has 0 spiro atoms. The highest BCUT2D eigenvalue weighted by Gasteiger charge is 2.26. The second-order valence-corrected chi connectivity index (χ2v) is 8.20. The maximum Gasteiger partial charge on any atom is 0.279 e. The van der Waals surface area contributed by atoms with Crippen molar-refractivity contribution in [2.24, 2.45) is 0 Å². The van der Waals surface area contributed by atoms with E-state index in [1.807, 2.05) is 24.4 Å². The Morgan fingerprint density at radius 1 is 1.07 bits per heavy atom. The number of hydrogen-bond donors (Lipinski definition) is 4. The summed E-state index contributed by atoms with van der Waals surface area (Å²) < 4.78 is 13.2. The molecule has 28 heavy (non-hydrogen) atoms. The number of piperazine rings is 1. The summed E-state index contributed by atoms with van der Waals surface area (Å²) in [5.74, 6) is -0.427. The molecule has 1 aliphatic rings. The van der Waals surface area contributed by atoms with E-state index in [0.717, 1.165) is 31.1 Å². The van der Waals surface area contributed by atoms with E-state index in [2.05, 4.69) is 10.6 Å². The van der Waals surface area contributed by atoms with E-state index in [1.165, 1.54) is 21.9 Å². The van der Waals surface area contributed by atoms with Crippen LogP contribution in [-0.2, 0) is 9.59 Å². The molecule has 1 aliphatic heterocycles. The van der Waals surface area contributed by atoms with Gasteiger partial charge in [-0.3, -0.25) is 9.59 Å². The van der Waals surface area contributed by atoms with Crippen LogP contribution in [0.5, 0.6) is 0 Å². The van der Waals surface area contributed by atoms with Crippen molar-refractivity contribution in [3.8, 4) is 0 Å². The van der Waals surface area contributed by atoms with Crippen molar-refractivity contribution in [2.75, 3.05) is 44.6 Å². The summed E-state index contributed by atoms with van der Waals surface area (Å²) in [4.78, 5) is 28.0. The van der Waals surface area contributed by atoms with Gasteiger partial charge in [-0.2, -0.15) is 0 Å². The molecule has 0 bridgehead atoms.